The number of anilines is 3. The third-order valence-corrected chi connectivity index (χ3v) is 5.96. The Morgan fingerprint density at radius 3 is 2.81 bits per heavy atom. The number of nitrogen functional groups attached to an aromatic ring is 1. The van der Waals surface area contributed by atoms with E-state index < -0.39 is 0 Å². The molecule has 1 aromatic heterocycles. The van der Waals surface area contributed by atoms with Crippen LogP contribution in [0.25, 0.3) is 0 Å². The number of hydrogen-bond acceptors (Lipinski definition) is 6. The van der Waals surface area contributed by atoms with E-state index >= 15 is 0 Å². The first-order valence-corrected chi connectivity index (χ1v) is 9.97. The van der Waals surface area contributed by atoms with Crippen LogP contribution >= 0.6 is 15.9 Å². The molecule has 1 saturated carbocycles. The molecule has 1 aliphatic carbocycles. The van der Waals surface area contributed by atoms with E-state index in [1.165, 1.54) is 18.4 Å². The van der Waals surface area contributed by atoms with Crippen LogP contribution in [0.15, 0.2) is 34.8 Å². The highest BCUT2D eigenvalue weighted by Crippen LogP contribution is 2.32. The number of piperazine rings is 1. The Morgan fingerprint density at radius 2 is 2.04 bits per heavy atom. The van der Waals surface area contributed by atoms with Crippen LogP contribution in [0.4, 0.5) is 17.6 Å². The van der Waals surface area contributed by atoms with Crippen LogP contribution in [0.2, 0.25) is 0 Å². The van der Waals surface area contributed by atoms with Gasteiger partial charge in [0.1, 0.15) is 11.6 Å². The molecule has 6 nitrogen and oxygen atoms in total. The van der Waals surface area contributed by atoms with Gasteiger partial charge in [-0.05, 0) is 37.4 Å². The molecule has 0 unspecified atom stereocenters. The van der Waals surface area contributed by atoms with Crippen LogP contribution in [0.3, 0.4) is 0 Å². The Labute approximate surface area is 162 Å². The van der Waals surface area contributed by atoms with Gasteiger partial charge in [-0.2, -0.15) is 9.97 Å². The Hall–Kier alpha value is -1.86. The van der Waals surface area contributed by atoms with E-state index in [0.29, 0.717) is 12.0 Å². The van der Waals surface area contributed by atoms with Crippen molar-refractivity contribution in [1.29, 1.82) is 0 Å². The Balaban J connectivity index is 1.54. The normalized spacial score (nSPS) is 21.0. The number of hydrogen-bond donors (Lipinski definition) is 2. The average Bonchev–Trinajstić information content (AvgIpc) is 3.45. The molecule has 2 heterocycles. The number of nitrogens with zero attached hydrogens (tertiary/aromatic N) is 4. The fourth-order valence-corrected chi connectivity index (χ4v) is 3.99. The largest absolute Gasteiger partial charge is 0.370 e. The topological polar surface area (TPSA) is 70.3 Å². The molecule has 7 heteroatoms. The van der Waals surface area contributed by atoms with Crippen LogP contribution in [0, 0.1) is 5.92 Å². The lowest BCUT2D eigenvalue weighted by atomic mass is 10.0. The summed E-state index contributed by atoms with van der Waals surface area (Å²) in [4.78, 5) is 13.6. The average molecular weight is 417 g/mol. The van der Waals surface area contributed by atoms with Crippen molar-refractivity contribution in [2.45, 2.75) is 18.9 Å². The number of nitrogens with one attached hydrogen (secondary N) is 1. The minimum absolute atomic E-state index is 0.304. The van der Waals surface area contributed by atoms with E-state index in [4.69, 9.17) is 5.73 Å². The van der Waals surface area contributed by atoms with Crippen molar-refractivity contribution in [1.82, 2.24) is 14.9 Å². The molecule has 138 valence electrons. The van der Waals surface area contributed by atoms with E-state index in [-0.39, 0.29) is 0 Å². The molecule has 2 aliphatic rings. The Bertz CT molecular complexity index is 778. The quantitative estimate of drug-likeness (QED) is 0.779. The lowest BCUT2D eigenvalue weighted by Gasteiger charge is -2.40. The highest BCUT2D eigenvalue weighted by atomic mass is 79.9. The molecule has 4 rings (SSSR count). The number of halogens is 1. The summed E-state index contributed by atoms with van der Waals surface area (Å²) in [6, 6.07) is 10.8. The first-order valence-electron chi connectivity index (χ1n) is 9.18. The van der Waals surface area contributed by atoms with Gasteiger partial charge >= 0.3 is 0 Å². The summed E-state index contributed by atoms with van der Waals surface area (Å²) in [5.41, 5.74) is 7.28. The number of rotatable bonds is 5. The Kier molecular flexibility index (Phi) is 5.00. The number of nitrogens with two attached hydrogens (primary N) is 1. The molecule has 1 aromatic carbocycles. The van der Waals surface area contributed by atoms with Gasteiger partial charge in [0, 0.05) is 36.7 Å². The second-order valence-corrected chi connectivity index (χ2v) is 8.11. The van der Waals surface area contributed by atoms with Gasteiger partial charge in [-0.1, -0.05) is 34.1 Å². The van der Waals surface area contributed by atoms with Crippen molar-refractivity contribution in [3.05, 3.63) is 40.4 Å². The molecule has 1 atom stereocenters. The first-order chi connectivity index (χ1) is 12.6. The summed E-state index contributed by atoms with van der Waals surface area (Å²) < 4.78 is 1.15. The third kappa shape index (κ3) is 3.94. The highest BCUT2D eigenvalue weighted by Gasteiger charge is 2.28. The molecule has 0 bridgehead atoms. The maximum absolute atomic E-state index is 5.98. The van der Waals surface area contributed by atoms with Crippen LogP contribution in [0.1, 0.15) is 24.4 Å². The van der Waals surface area contributed by atoms with Gasteiger partial charge in [0.2, 0.25) is 5.95 Å². The molecule has 1 aliphatic heterocycles. The number of benzene rings is 1. The molecule has 0 amide bonds. The molecule has 1 saturated heterocycles. The van der Waals surface area contributed by atoms with Gasteiger partial charge in [0.15, 0.2) is 0 Å². The van der Waals surface area contributed by atoms with E-state index in [1.54, 1.807) is 0 Å². The van der Waals surface area contributed by atoms with E-state index in [9.17, 15) is 0 Å². The van der Waals surface area contributed by atoms with Crippen LogP contribution in [0.5, 0.6) is 0 Å². The van der Waals surface area contributed by atoms with Gasteiger partial charge in [0.25, 0.3) is 0 Å². The summed E-state index contributed by atoms with van der Waals surface area (Å²) in [6.07, 6.45) is 2.62. The van der Waals surface area contributed by atoms with E-state index in [2.05, 4.69) is 72.3 Å². The van der Waals surface area contributed by atoms with Gasteiger partial charge in [0.05, 0.1) is 6.04 Å². The minimum Gasteiger partial charge on any atom is -0.370 e. The van der Waals surface area contributed by atoms with Crippen molar-refractivity contribution >= 4 is 33.5 Å². The summed E-state index contributed by atoms with van der Waals surface area (Å²) in [5.74, 6) is 2.85. The summed E-state index contributed by atoms with van der Waals surface area (Å²) in [6.45, 7) is 3.74. The zero-order chi connectivity index (χ0) is 18.1. The molecule has 2 aromatic rings. The smallest absolute Gasteiger partial charge is 0.223 e. The molecule has 3 N–H and O–H groups in total. The maximum Gasteiger partial charge on any atom is 0.223 e. The van der Waals surface area contributed by atoms with Crippen molar-refractivity contribution < 1.29 is 0 Å². The molecular weight excluding hydrogens is 392 g/mol. The molecule has 0 spiro atoms. The summed E-state index contributed by atoms with van der Waals surface area (Å²) in [7, 11) is 2.18. The molecule has 0 radical (unpaired) electrons. The monoisotopic (exact) mass is 416 g/mol. The van der Waals surface area contributed by atoms with Gasteiger partial charge < -0.3 is 16.0 Å². The second-order valence-electron chi connectivity index (χ2n) is 7.26. The standard InChI is InChI=1S/C19H25BrN6/c1-25-8-9-26(12-16(25)14-4-2-3-5-15(14)20)18-10-17(23-19(21)24-18)22-11-13-6-7-13/h2-5,10,13,16H,6-9,11-12H2,1H3,(H3,21,22,23,24)/t16-/m0/s1. The summed E-state index contributed by atoms with van der Waals surface area (Å²) >= 11 is 3.70. The number of likely N-dealkylation sites (N-methyl/N-ethyl adjacent to an activating group) is 1. The third-order valence-electron chi connectivity index (χ3n) is 5.23. The Morgan fingerprint density at radius 1 is 1.23 bits per heavy atom. The number of aromatic nitrogens is 2. The maximum atomic E-state index is 5.98. The van der Waals surface area contributed by atoms with E-state index in [1.807, 2.05) is 6.07 Å². The lowest BCUT2D eigenvalue weighted by molar-refractivity contribution is 0.220. The van der Waals surface area contributed by atoms with Crippen molar-refractivity contribution in [2.24, 2.45) is 5.92 Å². The van der Waals surface area contributed by atoms with Crippen molar-refractivity contribution in [3.8, 4) is 0 Å². The first kappa shape index (κ1) is 17.5. The van der Waals surface area contributed by atoms with Crippen molar-refractivity contribution in [2.75, 3.05) is 49.2 Å². The van der Waals surface area contributed by atoms with Crippen LogP contribution in [-0.4, -0.2) is 48.1 Å². The highest BCUT2D eigenvalue weighted by molar-refractivity contribution is 9.10. The van der Waals surface area contributed by atoms with Gasteiger partial charge in [-0.3, -0.25) is 4.90 Å². The van der Waals surface area contributed by atoms with E-state index in [0.717, 1.165) is 48.2 Å². The predicted octanol–water partition coefficient (Wildman–Crippen LogP) is 3.14. The predicted molar refractivity (Wildman–Crippen MR) is 109 cm³/mol. The van der Waals surface area contributed by atoms with Gasteiger partial charge in [-0.25, -0.2) is 0 Å². The van der Waals surface area contributed by atoms with Crippen LogP contribution < -0.4 is 16.0 Å². The summed E-state index contributed by atoms with van der Waals surface area (Å²) in [5, 5.41) is 3.41. The lowest BCUT2D eigenvalue weighted by Crippen LogP contribution is -2.47. The second kappa shape index (κ2) is 7.40. The minimum atomic E-state index is 0.304. The van der Waals surface area contributed by atoms with Gasteiger partial charge in [-0.15, -0.1) is 0 Å². The van der Waals surface area contributed by atoms with Crippen LogP contribution in [-0.2, 0) is 0 Å². The zero-order valence-electron chi connectivity index (χ0n) is 15.0. The fourth-order valence-electron chi connectivity index (χ4n) is 3.44. The SMILES string of the molecule is CN1CCN(c2cc(NCC3CC3)nc(N)n2)C[C@H]1c1ccccc1Br. The van der Waals surface area contributed by atoms with Crippen molar-refractivity contribution in [3.63, 3.8) is 0 Å². The zero-order valence-corrected chi connectivity index (χ0v) is 16.6. The molecule has 26 heavy (non-hydrogen) atoms. The molecular formula is C19H25BrN6. The fraction of sp³-hybridized carbons (Fsp3) is 0.474. The molecule has 2 fully saturated rings.